The van der Waals surface area contributed by atoms with E-state index in [2.05, 4.69) is 183 Å². The molecule has 0 aliphatic carbocycles. The molecule has 4 nitrogen and oxygen atoms in total. The molecule has 0 saturated carbocycles. The Morgan fingerprint density at radius 3 is 2.16 bits per heavy atom. The third kappa shape index (κ3) is 8.97. The van der Waals surface area contributed by atoms with Crippen molar-refractivity contribution in [2.24, 2.45) is 5.92 Å². The van der Waals surface area contributed by atoms with E-state index in [0.717, 1.165) is 33.3 Å². The van der Waals surface area contributed by atoms with Crippen molar-refractivity contribution in [3.8, 4) is 16.9 Å². The van der Waals surface area contributed by atoms with Gasteiger partial charge in [0.15, 0.2) is 0 Å². The van der Waals surface area contributed by atoms with Gasteiger partial charge in [-0.15, -0.1) is 46.4 Å². The van der Waals surface area contributed by atoms with Crippen molar-refractivity contribution in [2.75, 3.05) is 4.90 Å². The molecule has 1 unspecified atom stereocenters. The van der Waals surface area contributed by atoms with Crippen LogP contribution in [0.1, 0.15) is 97.0 Å². The van der Waals surface area contributed by atoms with E-state index in [1.54, 1.807) is 12.3 Å². The van der Waals surface area contributed by atoms with Crippen LogP contribution in [-0.4, -0.2) is 17.6 Å². The van der Waals surface area contributed by atoms with Gasteiger partial charge < -0.3 is 19.8 Å². The van der Waals surface area contributed by atoms with Gasteiger partial charge in [0.05, 0.1) is 8.07 Å². The number of anilines is 2. The SMILES string of the molecule is CC(C)c1cccc(C(C)C)c1N1c2ccccc2[N-]C1c1[c-]cc2c(c1)c1ccccc1n2-c1ccccc1.[2H]c1[c-]c(-c2cc(C([2H])([2H])C(C)C)c([Si](C)(C)C)cn2)cc([2H])c1C([2H])([2H])[2H].[Ir+3]. The first-order chi connectivity index (χ1) is 32.1. The quantitative estimate of drug-likeness (QED) is 0.107. The summed E-state index contributed by atoms with van der Waals surface area (Å²) in [4.78, 5) is 6.92. The van der Waals surface area contributed by atoms with Gasteiger partial charge >= 0.3 is 20.1 Å². The Labute approximate surface area is 394 Å². The molecule has 1 atom stereocenters. The second kappa shape index (κ2) is 18.6. The van der Waals surface area contributed by atoms with Crippen molar-refractivity contribution in [2.45, 2.75) is 92.4 Å². The Morgan fingerprint density at radius 1 is 0.790 bits per heavy atom. The molecule has 1 aliphatic heterocycles. The Balaban J connectivity index is 0.000000215. The molecule has 6 heteroatoms. The molecular weight excluding hydrogens is 949 g/mol. The van der Waals surface area contributed by atoms with Crippen molar-refractivity contribution in [3.63, 3.8) is 0 Å². The van der Waals surface area contributed by atoms with Gasteiger partial charge in [0.1, 0.15) is 0 Å². The van der Waals surface area contributed by atoms with Gasteiger partial charge in [0, 0.05) is 38.4 Å². The number of nitrogens with zero attached hydrogens (tertiary/aromatic N) is 4. The van der Waals surface area contributed by atoms with Crippen LogP contribution in [-0.2, 0) is 26.5 Å². The van der Waals surface area contributed by atoms with Crippen LogP contribution in [0.3, 0.4) is 0 Å². The molecule has 6 aromatic carbocycles. The maximum absolute atomic E-state index is 8.60. The van der Waals surface area contributed by atoms with E-state index in [-0.39, 0.29) is 49.8 Å². The number of para-hydroxylation sites is 5. The molecule has 3 heterocycles. The minimum atomic E-state index is -2.56. The summed E-state index contributed by atoms with van der Waals surface area (Å²) < 4.78 is 58.1. The van der Waals surface area contributed by atoms with E-state index >= 15 is 0 Å². The number of hydrogen-bond donors (Lipinski definition) is 0. The molecule has 9 rings (SSSR count). The topological polar surface area (TPSA) is 35.2 Å². The van der Waals surface area contributed by atoms with Crippen molar-refractivity contribution in [1.29, 1.82) is 0 Å². The zero-order valence-corrected chi connectivity index (χ0v) is 40.5. The molecule has 8 aromatic rings. The first kappa shape index (κ1) is 36.2. The number of hydrogen-bond acceptors (Lipinski definition) is 2. The third-order valence-corrected chi connectivity index (χ3v) is 13.3. The summed E-state index contributed by atoms with van der Waals surface area (Å²) in [7, 11) is -1.87. The standard InChI is InChI=1S/C37H33N3.C19H26NSi.Ir/c1-24(2)28-16-12-17-29(25(3)4)36(28)40-35-20-11-9-18-32(35)38-37(40)26-21-22-34-31(23-26)30-15-8-10-19-33(30)39(34)27-13-6-5-7-14-27;1-14(2)11-17-12-18(16-9-7-15(3)8-10-16)20-13-19(17)21(4,5)6;/h5-20,22-25,37H,1-4H3;7-9,12-14H,11H2,1-6H3;/q-2;-1;+3/i;3D3,7D,8D,11D2;. The molecule has 62 heavy (non-hydrogen) atoms. The van der Waals surface area contributed by atoms with E-state index in [4.69, 9.17) is 14.9 Å². The van der Waals surface area contributed by atoms with E-state index in [0.29, 0.717) is 28.7 Å². The molecule has 0 fully saturated rings. The van der Waals surface area contributed by atoms with Crippen molar-refractivity contribution in [3.05, 3.63) is 185 Å². The molecule has 0 bridgehead atoms. The maximum atomic E-state index is 8.60. The van der Waals surface area contributed by atoms with Gasteiger partial charge in [0.2, 0.25) is 0 Å². The van der Waals surface area contributed by atoms with Gasteiger partial charge in [-0.25, -0.2) is 0 Å². The average molecular weight is 1020 g/mol. The number of rotatable bonds is 9. The monoisotopic (exact) mass is 1020 g/mol. The van der Waals surface area contributed by atoms with Crippen LogP contribution in [0.15, 0.2) is 140 Å². The zero-order chi connectivity index (χ0) is 49.0. The van der Waals surface area contributed by atoms with Crippen LogP contribution in [0.2, 0.25) is 19.6 Å². The van der Waals surface area contributed by atoms with Crippen molar-refractivity contribution < 1.29 is 29.7 Å². The van der Waals surface area contributed by atoms with Gasteiger partial charge in [-0.1, -0.05) is 158 Å². The van der Waals surface area contributed by atoms with Crippen LogP contribution < -0.4 is 10.1 Å². The Bertz CT molecular complexity index is 3090. The summed E-state index contributed by atoms with van der Waals surface area (Å²) in [5.74, 6) is 0.521. The van der Waals surface area contributed by atoms with Gasteiger partial charge in [-0.2, -0.15) is 23.8 Å². The predicted molar refractivity (Wildman–Crippen MR) is 263 cm³/mol. The second-order valence-corrected chi connectivity index (χ2v) is 22.9. The summed E-state index contributed by atoms with van der Waals surface area (Å²) in [6, 6.07) is 47.9. The summed E-state index contributed by atoms with van der Waals surface area (Å²) in [5.41, 5.74) is 11.7. The first-order valence-corrected chi connectivity index (χ1v) is 24.9. The van der Waals surface area contributed by atoms with Crippen LogP contribution in [0.5, 0.6) is 0 Å². The molecular formula is C56H59IrN4Si. The van der Waals surface area contributed by atoms with Crippen LogP contribution in [0, 0.1) is 24.9 Å². The Hall–Kier alpha value is -5.26. The third-order valence-electron chi connectivity index (χ3n) is 11.3. The van der Waals surface area contributed by atoms with Gasteiger partial charge in [-0.3, -0.25) is 0 Å². The van der Waals surface area contributed by atoms with Gasteiger partial charge in [-0.05, 0) is 82.0 Å². The smallest absolute Gasteiger partial charge is 0.661 e. The van der Waals surface area contributed by atoms with E-state index in [9.17, 15) is 0 Å². The fraction of sp³-hybridized carbons (Fsp3) is 0.268. The number of aromatic nitrogens is 2. The second-order valence-electron chi connectivity index (χ2n) is 17.8. The molecule has 316 valence electrons. The maximum Gasteiger partial charge on any atom is 3.00 e. The molecule has 0 saturated heterocycles. The number of benzene rings is 6. The van der Waals surface area contributed by atoms with Crippen LogP contribution >= 0.6 is 0 Å². The minimum Gasteiger partial charge on any atom is -0.661 e. The fourth-order valence-corrected chi connectivity index (χ4v) is 9.79. The normalized spacial score (nSPS) is 15.7. The van der Waals surface area contributed by atoms with E-state index in [1.165, 1.54) is 39.2 Å². The van der Waals surface area contributed by atoms with Crippen molar-refractivity contribution >= 4 is 52.1 Å². The summed E-state index contributed by atoms with van der Waals surface area (Å²) in [6.07, 6.45) is -0.0759. The zero-order valence-electron chi connectivity index (χ0n) is 44.1. The predicted octanol–water partition coefficient (Wildman–Crippen LogP) is 15.3. The fourth-order valence-electron chi connectivity index (χ4n) is 8.39. The van der Waals surface area contributed by atoms with E-state index < -0.39 is 21.3 Å². The molecule has 2 aromatic heterocycles. The van der Waals surface area contributed by atoms with Crippen LogP contribution in [0.4, 0.5) is 17.1 Å². The van der Waals surface area contributed by atoms with Crippen LogP contribution in [0.25, 0.3) is 44.1 Å². The molecule has 0 amide bonds. The molecule has 0 radical (unpaired) electrons. The van der Waals surface area contributed by atoms with Crippen molar-refractivity contribution in [1.82, 2.24) is 9.55 Å². The summed E-state index contributed by atoms with van der Waals surface area (Å²) >= 11 is 0. The summed E-state index contributed by atoms with van der Waals surface area (Å²) in [5, 5.41) is 8.71. The molecule has 0 N–H and O–H groups in total. The largest absolute Gasteiger partial charge is 3.00 e. The number of pyridine rings is 1. The van der Waals surface area contributed by atoms with Gasteiger partial charge in [0.25, 0.3) is 0 Å². The first-order valence-electron chi connectivity index (χ1n) is 24.9. The Morgan fingerprint density at radius 2 is 1.48 bits per heavy atom. The summed E-state index contributed by atoms with van der Waals surface area (Å²) in [6.45, 7) is 16.6. The molecule has 1 aliphatic rings. The van der Waals surface area contributed by atoms with E-state index in [1.807, 2.05) is 13.8 Å². The minimum absolute atomic E-state index is 0. The Kier molecular flexibility index (Phi) is 10.9. The molecule has 0 spiro atoms. The number of fused-ring (bicyclic) bond motifs is 4. The average Bonchev–Trinajstić information content (AvgIpc) is 3.84.